The maximum Gasteiger partial charge on any atom is 0.225 e. The first-order chi connectivity index (χ1) is 15.1. The van der Waals surface area contributed by atoms with Crippen molar-refractivity contribution in [2.75, 3.05) is 32.1 Å². The summed E-state index contributed by atoms with van der Waals surface area (Å²) in [7, 11) is 1.70. The Morgan fingerprint density at radius 2 is 2.00 bits per heavy atom. The van der Waals surface area contributed by atoms with Crippen LogP contribution in [0.5, 0.6) is 5.75 Å². The fraction of sp³-hybridized carbons (Fsp3) is 0.560. The van der Waals surface area contributed by atoms with Gasteiger partial charge in [-0.05, 0) is 49.9 Å². The average molecular weight is 422 g/mol. The Balaban J connectivity index is 1.23. The second-order valence-electron chi connectivity index (χ2n) is 9.81. The molecule has 1 aromatic carbocycles. The maximum absolute atomic E-state index is 12.9. The van der Waals surface area contributed by atoms with Crippen molar-refractivity contribution in [3.63, 3.8) is 0 Å². The number of fused-ring (bicyclic) bond motifs is 4. The van der Waals surface area contributed by atoms with Gasteiger partial charge >= 0.3 is 0 Å². The molecule has 2 spiro atoms. The predicted octanol–water partition coefficient (Wildman–Crippen LogP) is 4.08. The number of likely N-dealkylation sites (tertiary alicyclic amines) is 1. The van der Waals surface area contributed by atoms with Gasteiger partial charge in [-0.2, -0.15) is 0 Å². The number of amides is 1. The van der Waals surface area contributed by atoms with Crippen molar-refractivity contribution in [1.82, 2.24) is 9.47 Å². The minimum Gasteiger partial charge on any atom is -0.497 e. The van der Waals surface area contributed by atoms with Crippen LogP contribution in [-0.2, 0) is 15.1 Å². The van der Waals surface area contributed by atoms with E-state index in [0.29, 0.717) is 12.5 Å². The van der Waals surface area contributed by atoms with Crippen molar-refractivity contribution in [1.29, 1.82) is 0 Å². The molecule has 1 amide bonds. The SMILES string of the molecule is COc1ccc2c(c1)N[C@]1(COC3(CCN(C(=O)C4CCCC4)CC3)C1)c1cccn1-2. The molecule has 6 nitrogen and oxygen atoms in total. The van der Waals surface area contributed by atoms with Gasteiger partial charge in [-0.3, -0.25) is 4.79 Å². The van der Waals surface area contributed by atoms with E-state index in [0.717, 1.165) is 62.3 Å². The molecular formula is C25H31N3O3. The summed E-state index contributed by atoms with van der Waals surface area (Å²) < 4.78 is 14.3. The molecule has 0 bridgehead atoms. The number of aromatic nitrogens is 1. The Kier molecular flexibility index (Phi) is 4.36. The Labute approximate surface area is 183 Å². The number of carbonyl (C=O) groups excluding carboxylic acids is 1. The third-order valence-electron chi connectivity index (χ3n) is 8.02. The second-order valence-corrected chi connectivity index (χ2v) is 9.81. The molecule has 2 aromatic rings. The van der Waals surface area contributed by atoms with Gasteiger partial charge in [0.25, 0.3) is 0 Å². The molecule has 1 saturated carbocycles. The van der Waals surface area contributed by atoms with Crippen LogP contribution >= 0.6 is 0 Å². The number of methoxy groups -OCH3 is 1. The largest absolute Gasteiger partial charge is 0.497 e. The molecule has 1 atom stereocenters. The predicted molar refractivity (Wildman–Crippen MR) is 119 cm³/mol. The van der Waals surface area contributed by atoms with Crippen molar-refractivity contribution in [3.05, 3.63) is 42.2 Å². The van der Waals surface area contributed by atoms with Crippen LogP contribution in [0.2, 0.25) is 0 Å². The van der Waals surface area contributed by atoms with Crippen LogP contribution in [0.25, 0.3) is 5.69 Å². The van der Waals surface area contributed by atoms with Crippen LogP contribution in [0.15, 0.2) is 36.5 Å². The summed E-state index contributed by atoms with van der Waals surface area (Å²) in [5.74, 6) is 1.50. The quantitative estimate of drug-likeness (QED) is 0.794. The van der Waals surface area contributed by atoms with Crippen LogP contribution in [-0.4, -0.2) is 47.8 Å². The Morgan fingerprint density at radius 1 is 1.19 bits per heavy atom. The first kappa shape index (κ1) is 19.2. The fourth-order valence-electron chi connectivity index (χ4n) is 6.31. The number of hydrogen-bond donors (Lipinski definition) is 1. The van der Waals surface area contributed by atoms with Crippen LogP contribution in [0.4, 0.5) is 5.69 Å². The summed E-state index contributed by atoms with van der Waals surface area (Å²) in [5, 5.41) is 3.83. The third-order valence-corrected chi connectivity index (χ3v) is 8.02. The highest BCUT2D eigenvalue weighted by Gasteiger charge is 2.54. The molecule has 3 fully saturated rings. The first-order valence-corrected chi connectivity index (χ1v) is 11.7. The molecule has 1 aromatic heterocycles. The lowest BCUT2D eigenvalue weighted by molar-refractivity contribution is -0.140. The van der Waals surface area contributed by atoms with Crippen LogP contribution < -0.4 is 10.1 Å². The molecule has 1 aliphatic carbocycles. The van der Waals surface area contributed by atoms with E-state index in [4.69, 9.17) is 9.47 Å². The molecule has 0 radical (unpaired) electrons. The highest BCUT2D eigenvalue weighted by Crippen LogP contribution is 2.50. The van der Waals surface area contributed by atoms with Crippen LogP contribution in [0.1, 0.15) is 50.6 Å². The number of anilines is 1. The van der Waals surface area contributed by atoms with Crippen molar-refractivity contribution in [2.45, 2.75) is 56.1 Å². The topological polar surface area (TPSA) is 55.7 Å². The number of ether oxygens (including phenoxy) is 2. The number of nitrogens with zero attached hydrogens (tertiary/aromatic N) is 2. The standard InChI is InChI=1S/C25H31N3O3/c1-30-19-8-9-21-20(15-19)26-25(22-7-4-12-28(21)22)16-24(31-17-25)10-13-27(14-11-24)23(29)18-5-2-3-6-18/h4,7-9,12,15,18,26H,2-3,5-6,10-11,13-14,16-17H2,1H3/t25-/m1/s1. The van der Waals surface area contributed by atoms with Crippen molar-refractivity contribution < 1.29 is 14.3 Å². The van der Waals surface area contributed by atoms with Crippen LogP contribution in [0.3, 0.4) is 0 Å². The van der Waals surface area contributed by atoms with E-state index >= 15 is 0 Å². The minimum absolute atomic E-state index is 0.162. The lowest BCUT2D eigenvalue weighted by atomic mass is 9.79. The van der Waals surface area contributed by atoms with Crippen molar-refractivity contribution >= 4 is 11.6 Å². The van der Waals surface area contributed by atoms with E-state index in [1.165, 1.54) is 18.5 Å². The maximum atomic E-state index is 12.9. The fourth-order valence-corrected chi connectivity index (χ4v) is 6.31. The summed E-state index contributed by atoms with van der Waals surface area (Å²) in [6, 6.07) is 10.5. The summed E-state index contributed by atoms with van der Waals surface area (Å²) in [6.45, 7) is 2.28. The van der Waals surface area contributed by atoms with E-state index in [1.807, 2.05) is 6.07 Å². The summed E-state index contributed by atoms with van der Waals surface area (Å²) in [5.41, 5.74) is 3.07. The lowest BCUT2D eigenvalue weighted by Crippen LogP contribution is -2.49. The summed E-state index contributed by atoms with van der Waals surface area (Å²) in [6.07, 6.45) is 9.45. The number of benzene rings is 1. The van der Waals surface area contributed by atoms with Gasteiger partial charge in [-0.25, -0.2) is 0 Å². The molecule has 3 aliphatic heterocycles. The van der Waals surface area contributed by atoms with Gasteiger partial charge in [0.1, 0.15) is 11.3 Å². The zero-order valence-corrected chi connectivity index (χ0v) is 18.2. The smallest absolute Gasteiger partial charge is 0.225 e. The minimum atomic E-state index is -0.250. The number of nitrogens with one attached hydrogen (secondary N) is 1. The average Bonchev–Trinajstić information content (AvgIpc) is 3.55. The Hall–Kier alpha value is -2.47. The monoisotopic (exact) mass is 421 g/mol. The van der Waals surface area contributed by atoms with Crippen molar-refractivity contribution in [2.24, 2.45) is 5.92 Å². The van der Waals surface area contributed by atoms with E-state index in [9.17, 15) is 4.79 Å². The van der Waals surface area contributed by atoms with E-state index in [1.54, 1.807) is 7.11 Å². The molecule has 4 aliphatic rings. The Morgan fingerprint density at radius 3 is 2.77 bits per heavy atom. The normalized spacial score (nSPS) is 26.7. The van der Waals surface area contributed by atoms with Crippen LogP contribution in [0, 0.1) is 5.92 Å². The van der Waals surface area contributed by atoms with Gasteiger partial charge < -0.3 is 24.3 Å². The molecule has 164 valence electrons. The van der Waals surface area contributed by atoms with E-state index in [2.05, 4.69) is 45.2 Å². The van der Waals surface area contributed by atoms with E-state index in [-0.39, 0.29) is 17.1 Å². The lowest BCUT2D eigenvalue weighted by Gasteiger charge is -2.41. The van der Waals surface area contributed by atoms with E-state index < -0.39 is 0 Å². The molecule has 0 unspecified atom stereocenters. The highest BCUT2D eigenvalue weighted by molar-refractivity contribution is 5.79. The number of carbonyl (C=O) groups is 1. The molecule has 6 rings (SSSR count). The molecule has 4 heterocycles. The van der Waals surface area contributed by atoms with Gasteiger partial charge in [-0.15, -0.1) is 0 Å². The zero-order valence-electron chi connectivity index (χ0n) is 18.2. The number of rotatable bonds is 2. The van der Waals surface area contributed by atoms with Gasteiger partial charge in [-0.1, -0.05) is 12.8 Å². The van der Waals surface area contributed by atoms with Gasteiger partial charge in [0.15, 0.2) is 0 Å². The molecule has 1 N–H and O–H groups in total. The highest BCUT2D eigenvalue weighted by atomic mass is 16.5. The Bertz CT molecular complexity index is 1000. The van der Waals surface area contributed by atoms with Gasteiger partial charge in [0, 0.05) is 37.7 Å². The first-order valence-electron chi connectivity index (χ1n) is 11.7. The van der Waals surface area contributed by atoms with Crippen molar-refractivity contribution in [3.8, 4) is 11.4 Å². The molecular weight excluding hydrogens is 390 g/mol. The third kappa shape index (κ3) is 2.99. The number of hydrogen-bond acceptors (Lipinski definition) is 4. The second kappa shape index (κ2) is 7.02. The summed E-state index contributed by atoms with van der Waals surface area (Å²) >= 11 is 0. The molecule has 6 heteroatoms. The summed E-state index contributed by atoms with van der Waals surface area (Å²) in [4.78, 5) is 15.0. The number of piperidine rings is 1. The van der Waals surface area contributed by atoms with Gasteiger partial charge in [0.2, 0.25) is 5.91 Å². The molecule has 2 saturated heterocycles. The molecule has 31 heavy (non-hydrogen) atoms. The van der Waals surface area contributed by atoms with Gasteiger partial charge in [0.05, 0.1) is 36.4 Å². The zero-order chi connectivity index (χ0) is 21.1.